The summed E-state index contributed by atoms with van der Waals surface area (Å²) in [4.78, 5) is 11.8. The van der Waals surface area contributed by atoms with Crippen molar-refractivity contribution in [2.24, 2.45) is 5.41 Å². The SMILES string of the molecule is CCOC(=O)CC1(CCc2ccc(O)cc2)CCCC1. The predicted molar refractivity (Wildman–Crippen MR) is 78.6 cm³/mol. The molecule has 0 aliphatic heterocycles. The highest BCUT2D eigenvalue weighted by Gasteiger charge is 2.35. The lowest BCUT2D eigenvalue weighted by atomic mass is 9.77. The molecule has 0 bridgehead atoms. The molecule has 0 heterocycles. The Morgan fingerprint density at radius 3 is 2.50 bits per heavy atom. The molecule has 3 heteroatoms. The van der Waals surface area contributed by atoms with E-state index >= 15 is 0 Å². The van der Waals surface area contributed by atoms with Gasteiger partial charge in [0, 0.05) is 0 Å². The molecule has 0 radical (unpaired) electrons. The lowest BCUT2D eigenvalue weighted by molar-refractivity contribution is -0.146. The first-order valence-electron chi connectivity index (χ1n) is 7.57. The third-order valence-electron chi connectivity index (χ3n) is 4.37. The number of aryl methyl sites for hydroxylation is 1. The van der Waals surface area contributed by atoms with E-state index < -0.39 is 0 Å². The molecule has 1 aliphatic carbocycles. The standard InChI is InChI=1S/C17H24O3/c1-2-20-16(19)13-17(10-3-4-11-17)12-9-14-5-7-15(18)8-6-14/h5-8,18H,2-4,9-13H2,1H3. The van der Waals surface area contributed by atoms with Crippen molar-refractivity contribution >= 4 is 5.97 Å². The number of hydrogen-bond acceptors (Lipinski definition) is 3. The van der Waals surface area contributed by atoms with E-state index in [1.807, 2.05) is 19.1 Å². The Bertz CT molecular complexity index is 430. The highest BCUT2D eigenvalue weighted by Crippen LogP contribution is 2.45. The number of carbonyl (C=O) groups is 1. The van der Waals surface area contributed by atoms with Crippen LogP contribution in [0.2, 0.25) is 0 Å². The molecular weight excluding hydrogens is 252 g/mol. The van der Waals surface area contributed by atoms with E-state index in [0.29, 0.717) is 18.8 Å². The summed E-state index contributed by atoms with van der Waals surface area (Å²) in [6.07, 6.45) is 7.23. The second-order valence-corrected chi connectivity index (χ2v) is 5.86. The second-order valence-electron chi connectivity index (χ2n) is 5.86. The van der Waals surface area contributed by atoms with Gasteiger partial charge in [0.15, 0.2) is 0 Å². The molecule has 1 N–H and O–H groups in total. The molecule has 0 atom stereocenters. The van der Waals surface area contributed by atoms with Crippen LogP contribution in [0.15, 0.2) is 24.3 Å². The normalized spacial score (nSPS) is 17.1. The third kappa shape index (κ3) is 3.99. The molecule has 2 rings (SSSR count). The van der Waals surface area contributed by atoms with Crippen LogP contribution < -0.4 is 0 Å². The Kier molecular flexibility index (Phi) is 5.05. The Balaban J connectivity index is 1.95. The number of esters is 1. The minimum absolute atomic E-state index is 0.0555. The van der Waals surface area contributed by atoms with Gasteiger partial charge in [-0.1, -0.05) is 25.0 Å². The van der Waals surface area contributed by atoms with E-state index in [9.17, 15) is 9.90 Å². The molecule has 3 nitrogen and oxygen atoms in total. The fourth-order valence-corrected chi connectivity index (χ4v) is 3.23. The molecule has 0 amide bonds. The molecule has 1 aromatic carbocycles. The van der Waals surface area contributed by atoms with Gasteiger partial charge in [0.25, 0.3) is 0 Å². The third-order valence-corrected chi connectivity index (χ3v) is 4.37. The molecule has 0 aromatic heterocycles. The van der Waals surface area contributed by atoms with Gasteiger partial charge in [-0.2, -0.15) is 0 Å². The van der Waals surface area contributed by atoms with Crippen molar-refractivity contribution in [2.75, 3.05) is 6.61 Å². The summed E-state index contributed by atoms with van der Waals surface area (Å²) in [5.74, 6) is 0.246. The zero-order chi connectivity index (χ0) is 14.4. The van der Waals surface area contributed by atoms with Gasteiger partial charge in [0.1, 0.15) is 5.75 Å². The van der Waals surface area contributed by atoms with Crippen molar-refractivity contribution in [3.05, 3.63) is 29.8 Å². The summed E-state index contributed by atoms with van der Waals surface area (Å²) in [5, 5.41) is 9.30. The number of ether oxygens (including phenoxy) is 1. The van der Waals surface area contributed by atoms with Crippen LogP contribution in [-0.2, 0) is 16.0 Å². The second kappa shape index (κ2) is 6.78. The highest BCUT2D eigenvalue weighted by molar-refractivity contribution is 5.70. The fraction of sp³-hybridized carbons (Fsp3) is 0.588. The zero-order valence-electron chi connectivity index (χ0n) is 12.2. The molecule has 1 saturated carbocycles. The Morgan fingerprint density at radius 1 is 1.25 bits per heavy atom. The lowest BCUT2D eigenvalue weighted by Crippen LogP contribution is -2.23. The quantitative estimate of drug-likeness (QED) is 0.803. The molecule has 1 aromatic rings. The number of phenols is 1. The van der Waals surface area contributed by atoms with Crippen LogP contribution in [-0.4, -0.2) is 17.7 Å². The summed E-state index contributed by atoms with van der Waals surface area (Å²) in [6.45, 7) is 2.32. The topological polar surface area (TPSA) is 46.5 Å². The summed E-state index contributed by atoms with van der Waals surface area (Å²) >= 11 is 0. The molecule has 20 heavy (non-hydrogen) atoms. The monoisotopic (exact) mass is 276 g/mol. The van der Waals surface area contributed by atoms with Gasteiger partial charge in [0.2, 0.25) is 0 Å². The van der Waals surface area contributed by atoms with Gasteiger partial charge in [-0.25, -0.2) is 0 Å². The molecule has 0 saturated heterocycles. The minimum Gasteiger partial charge on any atom is -0.508 e. The van der Waals surface area contributed by atoms with Crippen molar-refractivity contribution in [3.63, 3.8) is 0 Å². The van der Waals surface area contributed by atoms with E-state index in [2.05, 4.69) is 0 Å². The number of rotatable bonds is 6. The number of benzene rings is 1. The van der Waals surface area contributed by atoms with Crippen molar-refractivity contribution in [1.82, 2.24) is 0 Å². The largest absolute Gasteiger partial charge is 0.508 e. The van der Waals surface area contributed by atoms with Crippen molar-refractivity contribution in [2.45, 2.75) is 51.9 Å². The van der Waals surface area contributed by atoms with E-state index in [-0.39, 0.29) is 11.4 Å². The van der Waals surface area contributed by atoms with Crippen LogP contribution in [0.25, 0.3) is 0 Å². The van der Waals surface area contributed by atoms with Crippen LogP contribution in [0.5, 0.6) is 5.75 Å². The van der Waals surface area contributed by atoms with Crippen molar-refractivity contribution < 1.29 is 14.6 Å². The maximum Gasteiger partial charge on any atom is 0.306 e. The zero-order valence-corrected chi connectivity index (χ0v) is 12.2. The molecule has 1 fully saturated rings. The van der Waals surface area contributed by atoms with Crippen LogP contribution in [0.1, 0.15) is 51.0 Å². The van der Waals surface area contributed by atoms with Crippen LogP contribution in [0, 0.1) is 5.41 Å². The van der Waals surface area contributed by atoms with Gasteiger partial charge in [-0.05, 0) is 55.7 Å². The lowest BCUT2D eigenvalue weighted by Gasteiger charge is -2.28. The van der Waals surface area contributed by atoms with Crippen LogP contribution in [0.3, 0.4) is 0 Å². The smallest absolute Gasteiger partial charge is 0.306 e. The Labute approximate surface area is 121 Å². The van der Waals surface area contributed by atoms with Gasteiger partial charge >= 0.3 is 5.97 Å². The average molecular weight is 276 g/mol. The van der Waals surface area contributed by atoms with Crippen molar-refractivity contribution in [1.29, 1.82) is 0 Å². The molecule has 1 aliphatic rings. The van der Waals surface area contributed by atoms with Gasteiger partial charge in [-0.15, -0.1) is 0 Å². The Hall–Kier alpha value is -1.51. The first-order chi connectivity index (χ1) is 9.63. The first-order valence-corrected chi connectivity index (χ1v) is 7.57. The molecule has 110 valence electrons. The fourth-order valence-electron chi connectivity index (χ4n) is 3.23. The van der Waals surface area contributed by atoms with Crippen molar-refractivity contribution in [3.8, 4) is 5.75 Å². The number of aromatic hydroxyl groups is 1. The predicted octanol–water partition coefficient (Wildman–Crippen LogP) is 3.84. The maximum atomic E-state index is 11.8. The van der Waals surface area contributed by atoms with Gasteiger partial charge in [-0.3, -0.25) is 4.79 Å². The Morgan fingerprint density at radius 2 is 1.90 bits per heavy atom. The highest BCUT2D eigenvalue weighted by atomic mass is 16.5. The molecule has 0 unspecified atom stereocenters. The minimum atomic E-state index is -0.0555. The molecule has 0 spiro atoms. The maximum absolute atomic E-state index is 11.8. The first kappa shape index (κ1) is 14.9. The number of carbonyl (C=O) groups excluding carboxylic acids is 1. The average Bonchev–Trinajstić information content (AvgIpc) is 2.87. The van der Waals surface area contributed by atoms with Crippen LogP contribution in [0.4, 0.5) is 0 Å². The van der Waals surface area contributed by atoms with Crippen LogP contribution >= 0.6 is 0 Å². The molecular formula is C17H24O3. The van der Waals surface area contributed by atoms with E-state index in [4.69, 9.17) is 4.74 Å². The number of phenolic OH excluding ortho intramolecular Hbond substituents is 1. The number of hydrogen-bond donors (Lipinski definition) is 1. The van der Waals surface area contributed by atoms with Gasteiger partial charge < -0.3 is 9.84 Å². The van der Waals surface area contributed by atoms with E-state index in [0.717, 1.165) is 25.7 Å². The summed E-state index contributed by atoms with van der Waals surface area (Å²) in [5.41, 5.74) is 1.35. The van der Waals surface area contributed by atoms with E-state index in [1.165, 1.54) is 18.4 Å². The summed E-state index contributed by atoms with van der Waals surface area (Å²) in [7, 11) is 0. The van der Waals surface area contributed by atoms with E-state index in [1.54, 1.807) is 12.1 Å². The van der Waals surface area contributed by atoms with Gasteiger partial charge in [0.05, 0.1) is 13.0 Å². The summed E-state index contributed by atoms with van der Waals surface area (Å²) in [6, 6.07) is 7.37. The summed E-state index contributed by atoms with van der Waals surface area (Å²) < 4.78 is 5.12.